The zero-order valence-corrected chi connectivity index (χ0v) is 17.4. The predicted octanol–water partition coefficient (Wildman–Crippen LogP) is 2.21. The molecule has 158 valence electrons. The minimum atomic E-state index is -0.489. The summed E-state index contributed by atoms with van der Waals surface area (Å²) < 4.78 is 5.45. The number of nitrogens with one attached hydrogen (secondary N) is 2. The van der Waals surface area contributed by atoms with E-state index in [1.807, 2.05) is 39.0 Å². The molecular formula is C21H30N4O4. The highest BCUT2D eigenvalue weighted by molar-refractivity contribution is 5.98. The smallest absolute Gasteiger partial charge is 0.410 e. The second-order valence-electron chi connectivity index (χ2n) is 8.53. The lowest BCUT2D eigenvalue weighted by atomic mass is 9.98. The van der Waals surface area contributed by atoms with Gasteiger partial charge >= 0.3 is 6.09 Å². The van der Waals surface area contributed by atoms with Gasteiger partial charge < -0.3 is 19.9 Å². The third kappa shape index (κ3) is 5.85. The molecule has 2 saturated heterocycles. The van der Waals surface area contributed by atoms with Crippen LogP contribution in [-0.4, -0.2) is 61.1 Å². The summed E-state index contributed by atoms with van der Waals surface area (Å²) in [6, 6.07) is 8.03. The summed E-state index contributed by atoms with van der Waals surface area (Å²) in [5, 5.41) is 5.70. The first-order valence-electron chi connectivity index (χ1n) is 10.1. The van der Waals surface area contributed by atoms with Crippen LogP contribution in [0.3, 0.4) is 0 Å². The number of nitrogens with zero attached hydrogens (tertiary/aromatic N) is 2. The van der Waals surface area contributed by atoms with Gasteiger partial charge in [-0.1, -0.05) is 6.07 Å². The van der Waals surface area contributed by atoms with Crippen molar-refractivity contribution in [1.29, 1.82) is 0 Å². The number of carbonyl (C=O) groups is 3. The normalized spacial score (nSPS) is 20.3. The van der Waals surface area contributed by atoms with Crippen molar-refractivity contribution < 1.29 is 19.1 Å². The van der Waals surface area contributed by atoms with Gasteiger partial charge in [-0.15, -0.1) is 0 Å². The summed E-state index contributed by atoms with van der Waals surface area (Å²) in [5.74, 6) is -0.601. The van der Waals surface area contributed by atoms with Crippen LogP contribution in [0.5, 0.6) is 0 Å². The van der Waals surface area contributed by atoms with Crippen molar-refractivity contribution in [2.24, 2.45) is 5.92 Å². The number of anilines is 2. The number of rotatable bonds is 4. The number of piperazine rings is 1. The maximum Gasteiger partial charge on any atom is 0.410 e. The molecule has 2 fully saturated rings. The summed E-state index contributed by atoms with van der Waals surface area (Å²) in [5.41, 5.74) is 1.51. The van der Waals surface area contributed by atoms with Crippen LogP contribution in [0.2, 0.25) is 0 Å². The molecule has 1 atom stereocenters. The second-order valence-corrected chi connectivity index (χ2v) is 8.53. The van der Waals surface area contributed by atoms with E-state index in [4.69, 9.17) is 4.74 Å². The number of hydrogen-bond donors (Lipinski definition) is 2. The van der Waals surface area contributed by atoms with E-state index in [0.29, 0.717) is 32.5 Å². The monoisotopic (exact) mass is 402 g/mol. The molecule has 3 rings (SSSR count). The van der Waals surface area contributed by atoms with Crippen molar-refractivity contribution >= 4 is 29.3 Å². The molecule has 1 aromatic rings. The maximum absolute atomic E-state index is 12.2. The van der Waals surface area contributed by atoms with Crippen LogP contribution in [0.25, 0.3) is 0 Å². The topological polar surface area (TPSA) is 91.0 Å². The van der Waals surface area contributed by atoms with Gasteiger partial charge in [0.2, 0.25) is 11.8 Å². The van der Waals surface area contributed by atoms with Crippen molar-refractivity contribution in [2.45, 2.75) is 39.2 Å². The lowest BCUT2D eigenvalue weighted by molar-refractivity contribution is -0.135. The van der Waals surface area contributed by atoms with E-state index < -0.39 is 5.60 Å². The summed E-state index contributed by atoms with van der Waals surface area (Å²) in [6.07, 6.45) is 0.695. The number of amides is 3. The van der Waals surface area contributed by atoms with Crippen molar-refractivity contribution in [1.82, 2.24) is 10.2 Å². The molecule has 0 aromatic heterocycles. The van der Waals surface area contributed by atoms with Crippen molar-refractivity contribution in [3.8, 4) is 0 Å². The van der Waals surface area contributed by atoms with Crippen LogP contribution >= 0.6 is 0 Å². The Morgan fingerprint density at radius 2 is 1.93 bits per heavy atom. The molecule has 0 spiro atoms. The summed E-state index contributed by atoms with van der Waals surface area (Å²) in [7, 11) is 0. The molecule has 1 unspecified atom stereocenters. The molecule has 1 aromatic carbocycles. The number of carbonyl (C=O) groups excluding carboxylic acids is 3. The molecule has 0 radical (unpaired) electrons. The number of ether oxygens (including phenoxy) is 1. The average Bonchev–Trinajstić information content (AvgIpc) is 2.66. The van der Waals surface area contributed by atoms with E-state index in [0.717, 1.165) is 24.5 Å². The van der Waals surface area contributed by atoms with Crippen LogP contribution in [0.1, 0.15) is 33.6 Å². The van der Waals surface area contributed by atoms with E-state index in [2.05, 4.69) is 21.6 Å². The zero-order valence-electron chi connectivity index (χ0n) is 17.4. The van der Waals surface area contributed by atoms with Crippen LogP contribution < -0.4 is 15.5 Å². The van der Waals surface area contributed by atoms with Gasteiger partial charge in [-0.05, 0) is 45.4 Å². The van der Waals surface area contributed by atoms with Gasteiger partial charge in [0.25, 0.3) is 0 Å². The van der Waals surface area contributed by atoms with E-state index in [1.165, 1.54) is 0 Å². The Morgan fingerprint density at radius 1 is 1.21 bits per heavy atom. The minimum absolute atomic E-state index is 0.196. The molecule has 3 amide bonds. The quantitative estimate of drug-likeness (QED) is 0.751. The van der Waals surface area contributed by atoms with Gasteiger partial charge in [-0.3, -0.25) is 14.9 Å². The molecule has 2 heterocycles. The molecule has 0 saturated carbocycles. The highest BCUT2D eigenvalue weighted by Crippen LogP contribution is 2.22. The SMILES string of the molecule is CC(C)(C)OC(=O)N1CCN(c2cccc(NCC3CCC(=O)NC3=O)c2)CC1. The van der Waals surface area contributed by atoms with Gasteiger partial charge in [0.05, 0.1) is 5.92 Å². The molecule has 2 N–H and O–H groups in total. The third-order valence-corrected chi connectivity index (χ3v) is 5.05. The van der Waals surface area contributed by atoms with Gasteiger partial charge in [-0.2, -0.15) is 0 Å². The van der Waals surface area contributed by atoms with Crippen molar-refractivity contribution in [2.75, 3.05) is 42.9 Å². The molecule has 8 heteroatoms. The van der Waals surface area contributed by atoms with E-state index >= 15 is 0 Å². The second kappa shape index (κ2) is 8.71. The van der Waals surface area contributed by atoms with Crippen LogP contribution in [0.4, 0.5) is 16.2 Å². The first kappa shape index (κ1) is 21.0. The highest BCUT2D eigenvalue weighted by Gasteiger charge is 2.27. The molecule has 8 nitrogen and oxygen atoms in total. The maximum atomic E-state index is 12.2. The van der Waals surface area contributed by atoms with Crippen LogP contribution in [0, 0.1) is 5.92 Å². The van der Waals surface area contributed by atoms with E-state index in [1.54, 1.807) is 4.90 Å². The summed E-state index contributed by atoms with van der Waals surface area (Å²) in [6.45, 7) is 8.80. The fourth-order valence-corrected chi connectivity index (χ4v) is 3.46. The van der Waals surface area contributed by atoms with Crippen molar-refractivity contribution in [3.05, 3.63) is 24.3 Å². The Kier molecular flexibility index (Phi) is 6.30. The number of benzene rings is 1. The lowest BCUT2D eigenvalue weighted by Crippen LogP contribution is -2.50. The minimum Gasteiger partial charge on any atom is -0.444 e. The first-order chi connectivity index (χ1) is 13.7. The Labute approximate surface area is 171 Å². The number of imide groups is 1. The Morgan fingerprint density at radius 3 is 2.59 bits per heavy atom. The fourth-order valence-electron chi connectivity index (χ4n) is 3.46. The number of piperidine rings is 1. The summed E-state index contributed by atoms with van der Waals surface area (Å²) >= 11 is 0. The molecular weight excluding hydrogens is 372 g/mol. The molecule has 2 aliphatic heterocycles. The lowest BCUT2D eigenvalue weighted by Gasteiger charge is -2.37. The molecule has 29 heavy (non-hydrogen) atoms. The average molecular weight is 402 g/mol. The fraction of sp³-hybridized carbons (Fsp3) is 0.571. The van der Waals surface area contributed by atoms with Crippen LogP contribution in [-0.2, 0) is 14.3 Å². The standard InChI is InChI=1S/C21H30N4O4/c1-21(2,3)29-20(28)25-11-9-24(10-12-25)17-6-4-5-16(13-17)22-14-15-7-8-18(26)23-19(15)27/h4-6,13,15,22H,7-12,14H2,1-3H3,(H,23,26,27). The van der Waals surface area contributed by atoms with Gasteiger partial charge in [-0.25, -0.2) is 4.79 Å². The Bertz CT molecular complexity index is 766. The Hall–Kier alpha value is -2.77. The number of hydrogen-bond acceptors (Lipinski definition) is 6. The van der Waals surface area contributed by atoms with Gasteiger partial charge in [0, 0.05) is 50.5 Å². The third-order valence-electron chi connectivity index (χ3n) is 5.05. The highest BCUT2D eigenvalue weighted by atomic mass is 16.6. The largest absolute Gasteiger partial charge is 0.444 e. The zero-order chi connectivity index (χ0) is 21.0. The Balaban J connectivity index is 1.52. The summed E-state index contributed by atoms with van der Waals surface area (Å²) in [4.78, 5) is 39.3. The van der Waals surface area contributed by atoms with E-state index in [9.17, 15) is 14.4 Å². The van der Waals surface area contributed by atoms with Gasteiger partial charge in [0.15, 0.2) is 0 Å². The van der Waals surface area contributed by atoms with Crippen molar-refractivity contribution in [3.63, 3.8) is 0 Å². The molecule has 0 bridgehead atoms. The van der Waals surface area contributed by atoms with Gasteiger partial charge in [0.1, 0.15) is 5.60 Å². The first-order valence-corrected chi connectivity index (χ1v) is 10.1. The molecule has 2 aliphatic rings. The van der Waals surface area contributed by atoms with E-state index in [-0.39, 0.29) is 23.8 Å². The van der Waals surface area contributed by atoms with Crippen LogP contribution in [0.15, 0.2) is 24.3 Å². The molecule has 0 aliphatic carbocycles. The predicted molar refractivity (Wildman–Crippen MR) is 111 cm³/mol.